The minimum absolute atomic E-state index is 0.0313. The second-order valence-electron chi connectivity index (χ2n) is 14.8. The summed E-state index contributed by atoms with van der Waals surface area (Å²) in [5.74, 6) is 5.07. The zero-order chi connectivity index (χ0) is 28.9. The van der Waals surface area contributed by atoms with Crippen LogP contribution in [-0.2, 0) is 9.26 Å². The number of nitrogens with one attached hydrogen (secondary N) is 1. The number of aliphatic hydroxyl groups is 1. The van der Waals surface area contributed by atoms with Gasteiger partial charge in [-0.3, -0.25) is 0 Å². The summed E-state index contributed by atoms with van der Waals surface area (Å²) in [5, 5.41) is 12.9. The summed E-state index contributed by atoms with van der Waals surface area (Å²) in [6.45, 7) is 15.5. The van der Waals surface area contributed by atoms with Crippen LogP contribution in [0.2, 0.25) is 0 Å². The molecular weight excluding hydrogens is 517 g/mol. The largest absolute Gasteiger partial charge is 0.446 e. The van der Waals surface area contributed by atoms with E-state index < -0.39 is 6.10 Å². The van der Waals surface area contributed by atoms with Crippen LogP contribution in [0.4, 0.5) is 4.79 Å². The van der Waals surface area contributed by atoms with Crippen molar-refractivity contribution in [2.75, 3.05) is 19.8 Å². The summed E-state index contributed by atoms with van der Waals surface area (Å²) in [5.41, 5.74) is 2.35. The SMILES string of the molecule is CPOCCC(O)CCNC(=O)O[C@@H]1CC[C@]2(C)C(=CCC3C2CC[C@]2(C)C3CC[C@H]2[C@@H](C)CCCC(C)C)C1. The van der Waals surface area contributed by atoms with Crippen LogP contribution in [0.5, 0.6) is 0 Å². The average molecular weight is 578 g/mol. The van der Waals surface area contributed by atoms with Crippen LogP contribution in [0.1, 0.15) is 118 Å². The molecule has 3 fully saturated rings. The number of ether oxygens (including phenoxy) is 1. The molecule has 2 N–H and O–H groups in total. The molecule has 0 aliphatic heterocycles. The Balaban J connectivity index is 1.29. The van der Waals surface area contributed by atoms with Gasteiger partial charge in [0.05, 0.1) is 12.7 Å². The van der Waals surface area contributed by atoms with Crippen molar-refractivity contribution in [2.24, 2.45) is 46.3 Å². The third-order valence-corrected chi connectivity index (χ3v) is 12.5. The highest BCUT2D eigenvalue weighted by atomic mass is 31.1. The van der Waals surface area contributed by atoms with Crippen molar-refractivity contribution in [3.63, 3.8) is 0 Å². The fourth-order valence-corrected chi connectivity index (χ4v) is 10.0. The van der Waals surface area contributed by atoms with E-state index in [-0.39, 0.29) is 17.6 Å². The van der Waals surface area contributed by atoms with Crippen LogP contribution in [0.3, 0.4) is 0 Å². The standard InChI is InChI=1S/C34H60NO4P/c1-23(2)8-7-9-24(3)29-12-13-30-28-11-10-25-22-27(14-18-33(25,4)31(28)15-19-34(29,30)5)39-32(37)35-20-16-26(36)17-21-38-40-6/h10,23-24,26-31,36,40H,7-9,11-22H2,1-6H3,(H,35,37)/t24-,26?,27+,28?,29-,30?,31?,33+,34-/m0/s1. The summed E-state index contributed by atoms with van der Waals surface area (Å²) < 4.78 is 11.2. The number of hydrogen-bond donors (Lipinski definition) is 2. The highest BCUT2D eigenvalue weighted by Crippen LogP contribution is 2.67. The molecule has 0 heterocycles. The van der Waals surface area contributed by atoms with Gasteiger partial charge in [-0.25, -0.2) is 4.79 Å². The highest BCUT2D eigenvalue weighted by molar-refractivity contribution is 7.31. The highest BCUT2D eigenvalue weighted by Gasteiger charge is 2.59. The van der Waals surface area contributed by atoms with E-state index in [9.17, 15) is 9.90 Å². The van der Waals surface area contributed by atoms with Crippen LogP contribution in [0, 0.1) is 46.3 Å². The van der Waals surface area contributed by atoms with Crippen LogP contribution >= 0.6 is 8.81 Å². The van der Waals surface area contributed by atoms with E-state index in [1.54, 1.807) is 5.57 Å². The van der Waals surface area contributed by atoms with Crippen LogP contribution in [0.15, 0.2) is 11.6 Å². The summed E-state index contributed by atoms with van der Waals surface area (Å²) in [4.78, 5) is 12.5. The molecule has 4 aliphatic carbocycles. The molecule has 0 aromatic heterocycles. The van der Waals surface area contributed by atoms with Crippen LogP contribution < -0.4 is 5.32 Å². The predicted molar refractivity (Wildman–Crippen MR) is 167 cm³/mol. The maximum absolute atomic E-state index is 12.5. The van der Waals surface area contributed by atoms with E-state index in [0.717, 1.165) is 54.8 Å². The minimum Gasteiger partial charge on any atom is -0.446 e. The molecule has 4 rings (SSSR count). The molecule has 0 spiro atoms. The smallest absolute Gasteiger partial charge is 0.407 e. The summed E-state index contributed by atoms with van der Waals surface area (Å²) >= 11 is 0. The zero-order valence-corrected chi connectivity index (χ0v) is 27.5. The molecule has 0 radical (unpaired) electrons. The maximum atomic E-state index is 12.5. The molecule has 40 heavy (non-hydrogen) atoms. The lowest BCUT2D eigenvalue weighted by Crippen LogP contribution is -2.51. The van der Waals surface area contributed by atoms with Gasteiger partial charge in [-0.2, -0.15) is 0 Å². The third-order valence-electron chi connectivity index (χ3n) is 12.0. The molecular formula is C34H60NO4P. The average Bonchev–Trinajstić information content (AvgIpc) is 3.26. The van der Waals surface area contributed by atoms with E-state index in [2.05, 4.69) is 46.0 Å². The van der Waals surface area contributed by atoms with Gasteiger partial charge in [0.2, 0.25) is 0 Å². The molecule has 230 valence electrons. The van der Waals surface area contributed by atoms with Crippen molar-refractivity contribution >= 4 is 14.9 Å². The van der Waals surface area contributed by atoms with Gasteiger partial charge >= 0.3 is 6.09 Å². The molecule has 4 aliphatic rings. The normalized spacial score (nSPS) is 37.0. The number of carbonyl (C=O) groups excluding carboxylic acids is 1. The molecule has 0 aromatic carbocycles. The number of alkyl carbamates (subject to hydrolysis) is 1. The molecule has 5 unspecified atom stereocenters. The molecule has 0 bridgehead atoms. The van der Waals surface area contributed by atoms with Crippen molar-refractivity contribution in [1.82, 2.24) is 5.32 Å². The van der Waals surface area contributed by atoms with Crippen molar-refractivity contribution < 1.29 is 19.2 Å². The molecule has 5 nitrogen and oxygen atoms in total. The topological polar surface area (TPSA) is 67.8 Å². The number of fused-ring (bicyclic) bond motifs is 5. The Morgan fingerprint density at radius 2 is 1.88 bits per heavy atom. The lowest BCUT2D eigenvalue weighted by atomic mass is 9.47. The van der Waals surface area contributed by atoms with Crippen molar-refractivity contribution in [3.05, 3.63) is 11.6 Å². The third kappa shape index (κ3) is 7.28. The van der Waals surface area contributed by atoms with Crippen molar-refractivity contribution in [1.29, 1.82) is 0 Å². The quantitative estimate of drug-likeness (QED) is 0.131. The molecule has 6 heteroatoms. The Morgan fingerprint density at radius 1 is 1.07 bits per heavy atom. The Hall–Kier alpha value is -0.640. The number of rotatable bonds is 13. The second kappa shape index (κ2) is 14.2. The Kier molecular flexibility index (Phi) is 11.5. The minimum atomic E-state index is -0.451. The first-order valence-electron chi connectivity index (χ1n) is 16.7. The van der Waals surface area contributed by atoms with Gasteiger partial charge in [-0.1, -0.05) is 65.5 Å². The van der Waals surface area contributed by atoms with E-state index in [4.69, 9.17) is 9.26 Å². The number of carbonyl (C=O) groups is 1. The monoisotopic (exact) mass is 577 g/mol. The molecule has 0 saturated heterocycles. The molecule has 3 saturated carbocycles. The molecule has 10 atom stereocenters. The van der Waals surface area contributed by atoms with Gasteiger partial charge in [-0.05, 0) is 111 Å². The fourth-order valence-electron chi connectivity index (χ4n) is 9.73. The van der Waals surface area contributed by atoms with Gasteiger partial charge in [0.1, 0.15) is 6.10 Å². The van der Waals surface area contributed by atoms with Crippen molar-refractivity contribution in [2.45, 2.75) is 130 Å². The summed E-state index contributed by atoms with van der Waals surface area (Å²) in [7, 11) is 0.445. The molecule has 0 aromatic rings. The number of allylic oxidation sites excluding steroid dienone is 1. The van der Waals surface area contributed by atoms with E-state index in [0.29, 0.717) is 40.2 Å². The Labute approximate surface area is 247 Å². The number of aliphatic hydroxyl groups excluding tert-OH is 1. The Morgan fingerprint density at radius 3 is 2.62 bits per heavy atom. The van der Waals surface area contributed by atoms with Crippen molar-refractivity contribution in [3.8, 4) is 0 Å². The number of amides is 1. The van der Waals surface area contributed by atoms with Gasteiger partial charge in [0.15, 0.2) is 0 Å². The van der Waals surface area contributed by atoms with E-state index in [1.807, 2.05) is 6.66 Å². The maximum Gasteiger partial charge on any atom is 0.407 e. The second-order valence-corrected chi connectivity index (χ2v) is 15.5. The Bertz CT molecular complexity index is 863. The number of hydrogen-bond acceptors (Lipinski definition) is 4. The van der Waals surface area contributed by atoms with Gasteiger partial charge in [0, 0.05) is 21.8 Å². The lowest BCUT2D eigenvalue weighted by molar-refractivity contribution is -0.0581. The van der Waals surface area contributed by atoms with Crippen LogP contribution in [0.25, 0.3) is 0 Å². The first-order valence-corrected chi connectivity index (χ1v) is 18.1. The van der Waals surface area contributed by atoms with Gasteiger partial charge in [-0.15, -0.1) is 0 Å². The van der Waals surface area contributed by atoms with E-state index in [1.165, 1.54) is 51.4 Å². The molecule has 1 amide bonds. The van der Waals surface area contributed by atoms with Gasteiger partial charge in [0.25, 0.3) is 0 Å². The van der Waals surface area contributed by atoms with E-state index >= 15 is 0 Å². The lowest BCUT2D eigenvalue weighted by Gasteiger charge is -2.58. The summed E-state index contributed by atoms with van der Waals surface area (Å²) in [6.07, 6.45) is 16.9. The summed E-state index contributed by atoms with van der Waals surface area (Å²) in [6, 6.07) is 0. The first-order chi connectivity index (χ1) is 19.1. The first kappa shape index (κ1) is 32.3. The zero-order valence-electron chi connectivity index (χ0n) is 26.5. The fraction of sp³-hybridized carbons (Fsp3) is 0.912. The predicted octanol–water partition coefficient (Wildman–Crippen LogP) is 8.50. The van der Waals surface area contributed by atoms with Gasteiger partial charge < -0.3 is 19.7 Å². The van der Waals surface area contributed by atoms with Crippen LogP contribution in [-0.4, -0.2) is 43.2 Å².